The average Bonchev–Trinajstić information content (AvgIpc) is 2.68. The molecule has 1 aromatic carbocycles. The van der Waals surface area contributed by atoms with E-state index in [1.54, 1.807) is 0 Å². The largest absolute Gasteiger partial charge is 0.351 e. The first kappa shape index (κ1) is 14.6. The van der Waals surface area contributed by atoms with Crippen molar-refractivity contribution in [2.24, 2.45) is 5.92 Å². The fourth-order valence-corrected chi connectivity index (χ4v) is 2.31. The van der Waals surface area contributed by atoms with Gasteiger partial charge >= 0.3 is 0 Å². The molecule has 3 nitrogen and oxygen atoms in total. The van der Waals surface area contributed by atoms with Gasteiger partial charge in [0.05, 0.1) is 0 Å². The van der Waals surface area contributed by atoms with Gasteiger partial charge in [0.2, 0.25) is 0 Å². The highest BCUT2D eigenvalue weighted by Gasteiger charge is 2.16. The predicted octanol–water partition coefficient (Wildman–Crippen LogP) is 3.89. The molecule has 108 valence electrons. The van der Waals surface area contributed by atoms with Gasteiger partial charge in [-0.2, -0.15) is 0 Å². The topological polar surface area (TPSA) is 44.9 Å². The van der Waals surface area contributed by atoms with Gasteiger partial charge in [0.1, 0.15) is 5.69 Å². The monoisotopic (exact) mass is 272 g/mol. The first-order chi connectivity index (χ1) is 9.24. The van der Waals surface area contributed by atoms with Crippen molar-refractivity contribution in [1.29, 1.82) is 0 Å². The van der Waals surface area contributed by atoms with Gasteiger partial charge in [-0.15, -0.1) is 0 Å². The second kappa shape index (κ2) is 5.31. The van der Waals surface area contributed by atoms with E-state index >= 15 is 0 Å². The number of aromatic amines is 1. The molecular weight excluding hydrogens is 248 g/mol. The Morgan fingerprint density at radius 3 is 2.55 bits per heavy atom. The van der Waals surface area contributed by atoms with Crippen LogP contribution >= 0.6 is 0 Å². The van der Waals surface area contributed by atoms with Crippen LogP contribution < -0.4 is 5.32 Å². The van der Waals surface area contributed by atoms with Crippen molar-refractivity contribution in [2.45, 2.75) is 46.6 Å². The summed E-state index contributed by atoms with van der Waals surface area (Å²) in [6.45, 7) is 10.4. The fourth-order valence-electron chi connectivity index (χ4n) is 2.31. The molecule has 0 aliphatic heterocycles. The second-order valence-electron chi connectivity index (χ2n) is 6.91. The van der Waals surface area contributed by atoms with Crippen LogP contribution in [0.15, 0.2) is 24.3 Å². The van der Waals surface area contributed by atoms with E-state index in [4.69, 9.17) is 0 Å². The Balaban J connectivity index is 2.27. The first-order valence-electron chi connectivity index (χ1n) is 7.19. The quantitative estimate of drug-likeness (QED) is 0.874. The first-order valence-corrected chi connectivity index (χ1v) is 7.19. The van der Waals surface area contributed by atoms with E-state index in [2.05, 4.69) is 42.3 Å². The van der Waals surface area contributed by atoms with Gasteiger partial charge in [0.15, 0.2) is 0 Å². The SMILES string of the molecule is CC(C)Cc1ccc2[nH]c(C(=O)NC(C)(C)C)cc2c1. The molecule has 1 aromatic heterocycles. The van der Waals surface area contributed by atoms with Gasteiger partial charge in [0, 0.05) is 16.4 Å². The molecule has 2 aromatic rings. The molecule has 0 spiro atoms. The number of H-pyrrole nitrogens is 1. The summed E-state index contributed by atoms with van der Waals surface area (Å²) in [6, 6.07) is 8.28. The molecular formula is C17H24N2O. The van der Waals surface area contributed by atoms with Gasteiger partial charge in [-0.3, -0.25) is 4.79 Å². The number of benzene rings is 1. The average molecular weight is 272 g/mol. The van der Waals surface area contributed by atoms with Gasteiger partial charge < -0.3 is 10.3 Å². The number of nitrogens with one attached hydrogen (secondary N) is 2. The molecule has 0 unspecified atom stereocenters. The second-order valence-corrected chi connectivity index (χ2v) is 6.91. The Hall–Kier alpha value is -1.77. The van der Waals surface area contributed by atoms with Gasteiger partial charge in [-0.1, -0.05) is 19.9 Å². The molecule has 0 atom stereocenters. The van der Waals surface area contributed by atoms with Crippen molar-refractivity contribution in [3.05, 3.63) is 35.5 Å². The molecule has 0 radical (unpaired) electrons. The summed E-state index contributed by atoms with van der Waals surface area (Å²) in [5, 5.41) is 4.07. The van der Waals surface area contributed by atoms with E-state index in [9.17, 15) is 4.79 Å². The molecule has 0 fully saturated rings. The fraction of sp³-hybridized carbons (Fsp3) is 0.471. The molecule has 20 heavy (non-hydrogen) atoms. The lowest BCUT2D eigenvalue weighted by molar-refractivity contribution is 0.0915. The molecule has 0 saturated heterocycles. The molecule has 0 aliphatic rings. The standard InChI is InChI=1S/C17H24N2O/c1-11(2)8-12-6-7-14-13(9-12)10-15(18-14)16(20)19-17(3,4)5/h6-7,9-11,18H,8H2,1-5H3,(H,19,20). The number of hydrogen-bond donors (Lipinski definition) is 2. The highest BCUT2D eigenvalue weighted by atomic mass is 16.2. The number of carbonyl (C=O) groups is 1. The number of amides is 1. The Labute approximate surface area is 120 Å². The summed E-state index contributed by atoms with van der Waals surface area (Å²) in [5.74, 6) is 0.578. The summed E-state index contributed by atoms with van der Waals surface area (Å²) < 4.78 is 0. The van der Waals surface area contributed by atoms with Crippen LogP contribution in [0.4, 0.5) is 0 Å². The molecule has 2 rings (SSSR count). The van der Waals surface area contributed by atoms with E-state index in [-0.39, 0.29) is 11.4 Å². The zero-order valence-corrected chi connectivity index (χ0v) is 13.0. The van der Waals surface area contributed by atoms with E-state index < -0.39 is 0 Å². The van der Waals surface area contributed by atoms with Crippen LogP contribution in [0.1, 0.15) is 50.7 Å². The maximum atomic E-state index is 12.2. The number of aromatic nitrogens is 1. The third-order valence-corrected chi connectivity index (χ3v) is 3.06. The molecule has 0 bridgehead atoms. The third-order valence-electron chi connectivity index (χ3n) is 3.06. The van der Waals surface area contributed by atoms with Gasteiger partial charge in [-0.05, 0) is 56.9 Å². The smallest absolute Gasteiger partial charge is 0.268 e. The van der Waals surface area contributed by atoms with Crippen LogP contribution in [-0.4, -0.2) is 16.4 Å². The summed E-state index contributed by atoms with van der Waals surface area (Å²) in [7, 11) is 0. The van der Waals surface area contributed by atoms with Crippen molar-refractivity contribution < 1.29 is 4.79 Å². The van der Waals surface area contributed by atoms with Crippen LogP contribution in [-0.2, 0) is 6.42 Å². The molecule has 0 saturated carbocycles. The lowest BCUT2D eigenvalue weighted by Crippen LogP contribution is -2.40. The number of fused-ring (bicyclic) bond motifs is 1. The van der Waals surface area contributed by atoms with Crippen LogP contribution in [0.25, 0.3) is 10.9 Å². The Bertz CT molecular complexity index is 617. The van der Waals surface area contributed by atoms with E-state index in [0.29, 0.717) is 11.6 Å². The van der Waals surface area contributed by atoms with Crippen LogP contribution in [0, 0.1) is 5.92 Å². The molecule has 3 heteroatoms. The van der Waals surface area contributed by atoms with E-state index in [0.717, 1.165) is 17.3 Å². The van der Waals surface area contributed by atoms with E-state index in [1.165, 1.54) is 5.56 Å². The number of carbonyl (C=O) groups excluding carboxylic acids is 1. The van der Waals surface area contributed by atoms with Crippen molar-refractivity contribution in [1.82, 2.24) is 10.3 Å². The maximum Gasteiger partial charge on any atom is 0.268 e. The minimum Gasteiger partial charge on any atom is -0.351 e. The van der Waals surface area contributed by atoms with Crippen LogP contribution in [0.5, 0.6) is 0 Å². The molecule has 2 N–H and O–H groups in total. The highest BCUT2D eigenvalue weighted by molar-refractivity contribution is 5.98. The Kier molecular flexibility index (Phi) is 3.89. The number of hydrogen-bond acceptors (Lipinski definition) is 1. The zero-order valence-electron chi connectivity index (χ0n) is 13.0. The summed E-state index contributed by atoms with van der Waals surface area (Å²) in [5.41, 5.74) is 2.72. The Morgan fingerprint density at radius 2 is 1.95 bits per heavy atom. The molecule has 0 aliphatic carbocycles. The van der Waals surface area contributed by atoms with Crippen molar-refractivity contribution in [3.63, 3.8) is 0 Å². The third kappa shape index (κ3) is 3.62. The minimum atomic E-state index is -0.225. The molecule has 1 amide bonds. The van der Waals surface area contributed by atoms with Crippen molar-refractivity contribution in [3.8, 4) is 0 Å². The zero-order chi connectivity index (χ0) is 14.9. The summed E-state index contributed by atoms with van der Waals surface area (Å²) in [6.07, 6.45) is 1.06. The van der Waals surface area contributed by atoms with E-state index in [1.807, 2.05) is 26.8 Å². The van der Waals surface area contributed by atoms with Gasteiger partial charge in [0.25, 0.3) is 5.91 Å². The van der Waals surface area contributed by atoms with Crippen LogP contribution in [0.2, 0.25) is 0 Å². The van der Waals surface area contributed by atoms with Crippen molar-refractivity contribution in [2.75, 3.05) is 0 Å². The highest BCUT2D eigenvalue weighted by Crippen LogP contribution is 2.19. The Morgan fingerprint density at radius 1 is 1.25 bits per heavy atom. The lowest BCUT2D eigenvalue weighted by atomic mass is 10.0. The normalized spacial score (nSPS) is 12.1. The minimum absolute atomic E-state index is 0.0564. The predicted molar refractivity (Wildman–Crippen MR) is 84.1 cm³/mol. The van der Waals surface area contributed by atoms with Crippen LogP contribution in [0.3, 0.4) is 0 Å². The number of rotatable bonds is 3. The van der Waals surface area contributed by atoms with Crippen molar-refractivity contribution >= 4 is 16.8 Å². The maximum absolute atomic E-state index is 12.2. The molecule has 1 heterocycles. The summed E-state index contributed by atoms with van der Waals surface area (Å²) >= 11 is 0. The lowest BCUT2D eigenvalue weighted by Gasteiger charge is -2.19. The summed E-state index contributed by atoms with van der Waals surface area (Å²) in [4.78, 5) is 15.3. The van der Waals surface area contributed by atoms with Gasteiger partial charge in [-0.25, -0.2) is 0 Å².